The first kappa shape index (κ1) is 22.4. The van der Waals surface area contributed by atoms with Gasteiger partial charge in [0.25, 0.3) is 5.56 Å². The monoisotopic (exact) mass is 475 g/mol. The summed E-state index contributed by atoms with van der Waals surface area (Å²) in [6.07, 6.45) is 2.67. The Labute approximate surface area is 200 Å². The van der Waals surface area contributed by atoms with Gasteiger partial charge < -0.3 is 10.4 Å². The lowest BCUT2D eigenvalue weighted by atomic mass is 10.2. The van der Waals surface area contributed by atoms with E-state index in [4.69, 9.17) is 5.10 Å². The van der Waals surface area contributed by atoms with Crippen molar-refractivity contribution in [3.05, 3.63) is 76.7 Å². The van der Waals surface area contributed by atoms with Crippen molar-refractivity contribution < 1.29 is 9.90 Å². The minimum Gasteiger partial charge on any atom is -0.396 e. The number of carbonyl (C=O) groups is 1. The molecule has 2 aromatic carbocycles. The number of nitrogens with zero attached hydrogens (tertiary/aromatic N) is 4. The number of nitrogens with one attached hydrogen (secondary N) is 1. The van der Waals surface area contributed by atoms with Crippen molar-refractivity contribution in [3.63, 3.8) is 0 Å². The topological polar surface area (TPSA) is 102 Å². The van der Waals surface area contributed by atoms with Gasteiger partial charge in [0.05, 0.1) is 28.0 Å². The zero-order chi connectivity index (χ0) is 23.5. The molecular weight excluding hydrogens is 450 g/mol. The molecule has 174 valence electrons. The summed E-state index contributed by atoms with van der Waals surface area (Å²) in [4.78, 5) is 30.5. The number of aliphatic hydroxyl groups excluding tert-OH is 1. The second-order valence-electron chi connectivity index (χ2n) is 8.26. The van der Waals surface area contributed by atoms with E-state index in [2.05, 4.69) is 10.3 Å². The molecule has 0 aliphatic heterocycles. The van der Waals surface area contributed by atoms with E-state index in [1.54, 1.807) is 22.9 Å². The second-order valence-corrected chi connectivity index (χ2v) is 9.20. The first-order chi connectivity index (χ1) is 16.6. The Hall–Kier alpha value is -3.43. The molecule has 0 atom stereocenters. The minimum absolute atomic E-state index is 0.0311. The summed E-state index contributed by atoms with van der Waals surface area (Å²) in [7, 11) is 0. The number of thioether (sulfide) groups is 1. The minimum atomic E-state index is -0.208. The van der Waals surface area contributed by atoms with Crippen LogP contribution in [0.15, 0.2) is 70.6 Å². The molecule has 1 aliphatic carbocycles. The van der Waals surface area contributed by atoms with Gasteiger partial charge in [0.2, 0.25) is 5.91 Å². The Morgan fingerprint density at radius 3 is 2.65 bits per heavy atom. The van der Waals surface area contributed by atoms with Crippen LogP contribution < -0.4 is 10.9 Å². The van der Waals surface area contributed by atoms with Crippen LogP contribution in [0.5, 0.6) is 0 Å². The predicted octanol–water partition coefficient (Wildman–Crippen LogP) is 3.57. The smallest absolute Gasteiger partial charge is 0.262 e. The summed E-state index contributed by atoms with van der Waals surface area (Å²) < 4.78 is 3.30. The highest BCUT2D eigenvalue weighted by atomic mass is 32.2. The van der Waals surface area contributed by atoms with Gasteiger partial charge in [-0.2, -0.15) is 5.10 Å². The predicted molar refractivity (Wildman–Crippen MR) is 133 cm³/mol. The van der Waals surface area contributed by atoms with Crippen molar-refractivity contribution in [1.82, 2.24) is 19.3 Å². The highest BCUT2D eigenvalue weighted by Crippen LogP contribution is 2.40. The van der Waals surface area contributed by atoms with Crippen LogP contribution in [0.1, 0.15) is 30.9 Å². The number of benzene rings is 2. The molecule has 0 spiro atoms. The van der Waals surface area contributed by atoms with Gasteiger partial charge in [-0.25, -0.2) is 9.67 Å². The van der Waals surface area contributed by atoms with Crippen LogP contribution in [-0.2, 0) is 11.3 Å². The van der Waals surface area contributed by atoms with Crippen molar-refractivity contribution >= 4 is 34.4 Å². The van der Waals surface area contributed by atoms with Crippen LogP contribution in [0.25, 0.3) is 16.6 Å². The lowest BCUT2D eigenvalue weighted by molar-refractivity contribution is -0.113. The van der Waals surface area contributed by atoms with E-state index in [0.29, 0.717) is 40.8 Å². The molecule has 4 aromatic rings. The average Bonchev–Trinajstić information content (AvgIpc) is 3.63. The van der Waals surface area contributed by atoms with E-state index in [-0.39, 0.29) is 23.8 Å². The number of anilines is 1. The maximum Gasteiger partial charge on any atom is 0.262 e. The molecule has 9 heteroatoms. The molecule has 0 bridgehead atoms. The summed E-state index contributed by atoms with van der Waals surface area (Å²) >= 11 is 1.21. The molecule has 2 N–H and O–H groups in total. The van der Waals surface area contributed by atoms with Crippen LogP contribution in [-0.4, -0.2) is 42.7 Å². The molecule has 8 nitrogen and oxygen atoms in total. The highest BCUT2D eigenvalue weighted by Gasteiger charge is 2.28. The third kappa shape index (κ3) is 4.76. The Morgan fingerprint density at radius 2 is 1.88 bits per heavy atom. The number of para-hydroxylation sites is 2. The number of rotatable bonds is 9. The quantitative estimate of drug-likeness (QED) is 0.283. The standard InChI is InChI=1S/C25H25N5O3S/c31-14-6-13-29-24(33)19-9-4-5-10-20(19)26-25(29)34-16-23(32)27-22-15-21(17-11-12-17)28-30(22)18-7-2-1-3-8-18/h1-5,7-10,15,17,31H,6,11-14,16H2,(H,27,32). The Morgan fingerprint density at radius 1 is 1.12 bits per heavy atom. The number of hydrogen-bond acceptors (Lipinski definition) is 6. The van der Waals surface area contributed by atoms with Crippen molar-refractivity contribution in [2.45, 2.75) is 36.9 Å². The average molecular weight is 476 g/mol. The second kappa shape index (κ2) is 9.82. The van der Waals surface area contributed by atoms with Gasteiger partial charge >= 0.3 is 0 Å². The van der Waals surface area contributed by atoms with Gasteiger partial charge in [-0.3, -0.25) is 14.2 Å². The highest BCUT2D eigenvalue weighted by molar-refractivity contribution is 7.99. The number of aromatic nitrogens is 4. The number of carbonyl (C=O) groups excluding carboxylic acids is 1. The fourth-order valence-electron chi connectivity index (χ4n) is 3.83. The van der Waals surface area contributed by atoms with Crippen LogP contribution >= 0.6 is 11.8 Å². The van der Waals surface area contributed by atoms with E-state index in [1.807, 2.05) is 42.5 Å². The fourth-order valence-corrected chi connectivity index (χ4v) is 4.65. The van der Waals surface area contributed by atoms with Gasteiger partial charge in [-0.1, -0.05) is 42.1 Å². The third-order valence-corrected chi connectivity index (χ3v) is 6.67. The summed E-state index contributed by atoms with van der Waals surface area (Å²) in [5.41, 5.74) is 2.29. The molecule has 2 heterocycles. The van der Waals surface area contributed by atoms with Crippen LogP contribution in [0.2, 0.25) is 0 Å². The Bertz CT molecular complexity index is 1380. The molecular formula is C25H25N5O3S. The van der Waals surface area contributed by atoms with Gasteiger partial charge in [0.1, 0.15) is 5.82 Å². The maximum atomic E-state index is 13.0. The van der Waals surface area contributed by atoms with E-state index >= 15 is 0 Å². The van der Waals surface area contributed by atoms with E-state index in [9.17, 15) is 14.7 Å². The van der Waals surface area contributed by atoms with Gasteiger partial charge in [-0.15, -0.1) is 0 Å². The van der Waals surface area contributed by atoms with Gasteiger partial charge in [-0.05, 0) is 43.5 Å². The SMILES string of the molecule is O=C(CSc1nc2ccccc2c(=O)n1CCCO)Nc1cc(C2CC2)nn1-c1ccccc1. The molecule has 0 radical (unpaired) electrons. The largest absolute Gasteiger partial charge is 0.396 e. The lowest BCUT2D eigenvalue weighted by Crippen LogP contribution is -2.25. The molecule has 1 amide bonds. The van der Waals surface area contributed by atoms with E-state index < -0.39 is 0 Å². The molecule has 1 aliphatic rings. The van der Waals surface area contributed by atoms with Crippen LogP contribution in [0.3, 0.4) is 0 Å². The lowest BCUT2D eigenvalue weighted by Gasteiger charge is -2.13. The van der Waals surface area contributed by atoms with E-state index in [0.717, 1.165) is 24.2 Å². The zero-order valence-electron chi connectivity index (χ0n) is 18.6. The number of aliphatic hydroxyl groups is 1. The molecule has 1 saturated carbocycles. The van der Waals surface area contributed by atoms with Gasteiger partial charge in [0.15, 0.2) is 5.16 Å². The molecule has 34 heavy (non-hydrogen) atoms. The summed E-state index contributed by atoms with van der Waals surface area (Å²) in [6.45, 7) is 0.305. The van der Waals surface area contributed by atoms with Crippen molar-refractivity contribution in [2.24, 2.45) is 0 Å². The molecule has 1 fully saturated rings. The third-order valence-electron chi connectivity index (χ3n) is 5.69. The summed E-state index contributed by atoms with van der Waals surface area (Å²) in [6, 6.07) is 18.8. The molecule has 0 saturated heterocycles. The normalized spacial score (nSPS) is 13.3. The summed E-state index contributed by atoms with van der Waals surface area (Å²) in [5.74, 6) is 0.962. The summed E-state index contributed by atoms with van der Waals surface area (Å²) in [5, 5.41) is 17.9. The fraction of sp³-hybridized carbons (Fsp3) is 0.280. The number of fused-ring (bicyclic) bond motifs is 1. The molecule has 5 rings (SSSR count). The number of amides is 1. The first-order valence-electron chi connectivity index (χ1n) is 11.3. The zero-order valence-corrected chi connectivity index (χ0v) is 19.4. The van der Waals surface area contributed by atoms with Crippen molar-refractivity contribution in [1.29, 1.82) is 0 Å². The Kier molecular flexibility index (Phi) is 6.46. The molecule has 2 aromatic heterocycles. The van der Waals surface area contributed by atoms with Gasteiger partial charge in [0, 0.05) is 25.1 Å². The first-order valence-corrected chi connectivity index (χ1v) is 12.3. The molecule has 0 unspecified atom stereocenters. The van der Waals surface area contributed by atoms with E-state index in [1.165, 1.54) is 16.3 Å². The van der Waals surface area contributed by atoms with Crippen molar-refractivity contribution in [3.8, 4) is 5.69 Å². The van der Waals surface area contributed by atoms with Crippen LogP contribution in [0.4, 0.5) is 5.82 Å². The Balaban J connectivity index is 1.37. The number of hydrogen-bond donors (Lipinski definition) is 2. The van der Waals surface area contributed by atoms with Crippen molar-refractivity contribution in [2.75, 3.05) is 17.7 Å². The maximum absolute atomic E-state index is 13.0. The van der Waals surface area contributed by atoms with Crippen LogP contribution in [0, 0.1) is 0 Å².